The van der Waals surface area contributed by atoms with Crippen LogP contribution in [0.4, 0.5) is 0 Å². The predicted molar refractivity (Wildman–Crippen MR) is 62.6 cm³/mol. The van der Waals surface area contributed by atoms with Crippen molar-refractivity contribution in [2.24, 2.45) is 5.73 Å². The number of primary amides is 1. The summed E-state index contributed by atoms with van der Waals surface area (Å²) in [5.74, 6) is -0.794. The summed E-state index contributed by atoms with van der Waals surface area (Å²) in [5.41, 5.74) is 4.99. The number of hydrogen-bond acceptors (Lipinski definition) is 3. The van der Waals surface area contributed by atoms with Crippen LogP contribution in [0.25, 0.3) is 0 Å². The molecule has 0 rings (SSSR count). The molecule has 4 nitrogen and oxygen atoms in total. The molecule has 0 saturated heterocycles. The van der Waals surface area contributed by atoms with Crippen LogP contribution in [-0.4, -0.2) is 24.9 Å². The van der Waals surface area contributed by atoms with E-state index < -0.39 is 5.91 Å². The molecule has 0 aromatic heterocycles. The number of amides is 1. The molecule has 0 atom stereocenters. The average Bonchev–Trinajstić information content (AvgIpc) is 2.22. The summed E-state index contributed by atoms with van der Waals surface area (Å²) in [6, 6.07) is 0. The summed E-state index contributed by atoms with van der Waals surface area (Å²) >= 11 is 4.64. The smallest absolute Gasteiger partial charge is 0.333 e. The third-order valence-electron chi connectivity index (χ3n) is 0.825. The van der Waals surface area contributed by atoms with E-state index in [4.69, 9.17) is 0 Å². The number of halogens is 1. The van der Waals surface area contributed by atoms with Gasteiger partial charge in [-0.15, -0.1) is 11.6 Å². The van der Waals surface area contributed by atoms with Crippen LogP contribution in [0.5, 0.6) is 0 Å². The summed E-state index contributed by atoms with van der Waals surface area (Å²) in [4.78, 5) is 19.9. The number of nitrogens with two attached hydrogens (primary N) is 1. The molecule has 88 valence electrons. The van der Waals surface area contributed by atoms with Crippen molar-refractivity contribution in [3.63, 3.8) is 0 Å². The molecular weight excluding hydrogens is 218 g/mol. The van der Waals surface area contributed by atoms with Gasteiger partial charge in [0, 0.05) is 12.0 Å². The zero-order valence-corrected chi connectivity index (χ0v) is 10.1. The summed E-state index contributed by atoms with van der Waals surface area (Å²) in [7, 11) is 0. The third kappa shape index (κ3) is 24.5. The Morgan fingerprint density at radius 3 is 1.87 bits per heavy atom. The van der Waals surface area contributed by atoms with Crippen LogP contribution in [0.2, 0.25) is 0 Å². The number of alkyl halides is 1. The van der Waals surface area contributed by atoms with Gasteiger partial charge in [0.1, 0.15) is 0 Å². The third-order valence-corrected chi connectivity index (χ3v) is 0.825. The fraction of sp³-hybridized carbons (Fsp3) is 0.400. The van der Waals surface area contributed by atoms with E-state index in [1.54, 1.807) is 13.8 Å². The minimum Gasteiger partial charge on any atom is -0.463 e. The Morgan fingerprint density at radius 1 is 1.47 bits per heavy atom. The molecule has 0 aliphatic carbocycles. The van der Waals surface area contributed by atoms with Gasteiger partial charge >= 0.3 is 5.97 Å². The number of ether oxygens (including phenoxy) is 1. The quantitative estimate of drug-likeness (QED) is 0.459. The minimum absolute atomic E-state index is 0.312. The largest absolute Gasteiger partial charge is 0.463 e. The SMILES string of the molecule is C=C(C)C(=O)OCC.C=CC(N)=O.CCl. The summed E-state index contributed by atoms with van der Waals surface area (Å²) in [5, 5.41) is 0. The second kappa shape index (κ2) is 15.2. The van der Waals surface area contributed by atoms with Crippen LogP contribution >= 0.6 is 11.6 Å². The first-order chi connectivity index (χ1) is 6.95. The van der Waals surface area contributed by atoms with Crippen molar-refractivity contribution in [2.75, 3.05) is 13.0 Å². The fourth-order valence-corrected chi connectivity index (χ4v) is 0.254. The molecule has 0 aliphatic rings. The normalized spacial score (nSPS) is 6.93. The zero-order chi connectivity index (χ0) is 12.9. The highest BCUT2D eigenvalue weighted by molar-refractivity contribution is 6.15. The van der Waals surface area contributed by atoms with E-state index in [1.165, 1.54) is 6.38 Å². The lowest BCUT2D eigenvalue weighted by atomic mass is 10.4. The number of rotatable bonds is 3. The topological polar surface area (TPSA) is 69.4 Å². The van der Waals surface area contributed by atoms with Gasteiger partial charge < -0.3 is 10.5 Å². The van der Waals surface area contributed by atoms with E-state index in [-0.39, 0.29) is 5.97 Å². The van der Waals surface area contributed by atoms with Crippen molar-refractivity contribution in [3.05, 3.63) is 24.8 Å². The van der Waals surface area contributed by atoms with Gasteiger partial charge in [0.15, 0.2) is 0 Å². The van der Waals surface area contributed by atoms with Crippen LogP contribution in [-0.2, 0) is 14.3 Å². The Morgan fingerprint density at radius 2 is 1.80 bits per heavy atom. The Labute approximate surface area is 95.7 Å². The number of esters is 1. The Bertz CT molecular complexity index is 215. The summed E-state index contributed by atoms with van der Waals surface area (Å²) in [6.45, 7) is 10.3. The Balaban J connectivity index is -0.000000177. The molecule has 1 amide bonds. The molecule has 5 heteroatoms. The molecule has 2 N–H and O–H groups in total. The maximum atomic E-state index is 10.4. The Hall–Kier alpha value is -1.29. The van der Waals surface area contributed by atoms with Gasteiger partial charge in [-0.1, -0.05) is 13.2 Å². The standard InChI is InChI=1S/C6H10O2.C3H5NO.CH3Cl/c1-4-8-6(7)5(2)3;1-2-3(4)5;1-2/h2,4H2,1,3H3;2H,1H2,(H2,4,5);1H3. The number of hydrogen-bond donors (Lipinski definition) is 1. The lowest BCUT2D eigenvalue weighted by Crippen LogP contribution is -2.04. The van der Waals surface area contributed by atoms with E-state index in [0.717, 1.165) is 6.08 Å². The highest BCUT2D eigenvalue weighted by Crippen LogP contribution is 1.89. The highest BCUT2D eigenvalue weighted by atomic mass is 35.5. The predicted octanol–water partition coefficient (Wildman–Crippen LogP) is 1.64. The summed E-state index contributed by atoms with van der Waals surface area (Å²) < 4.78 is 4.56. The maximum absolute atomic E-state index is 10.4. The zero-order valence-electron chi connectivity index (χ0n) is 9.38. The van der Waals surface area contributed by atoms with Crippen molar-refractivity contribution >= 4 is 23.5 Å². The summed E-state index contributed by atoms with van der Waals surface area (Å²) in [6.07, 6.45) is 2.53. The van der Waals surface area contributed by atoms with Gasteiger partial charge in [0.25, 0.3) is 0 Å². The molecule has 0 bridgehead atoms. The lowest BCUT2D eigenvalue weighted by Gasteiger charge is -1.96. The van der Waals surface area contributed by atoms with E-state index in [9.17, 15) is 9.59 Å². The van der Waals surface area contributed by atoms with Crippen molar-refractivity contribution in [2.45, 2.75) is 13.8 Å². The van der Waals surface area contributed by atoms with E-state index in [1.807, 2.05) is 0 Å². The van der Waals surface area contributed by atoms with Gasteiger partial charge in [-0.05, 0) is 19.9 Å². The van der Waals surface area contributed by atoms with Crippen LogP contribution in [0.3, 0.4) is 0 Å². The van der Waals surface area contributed by atoms with Crippen molar-refractivity contribution in [3.8, 4) is 0 Å². The van der Waals surface area contributed by atoms with E-state index in [2.05, 4.69) is 35.2 Å². The van der Waals surface area contributed by atoms with Crippen LogP contribution in [0, 0.1) is 0 Å². The molecule has 0 heterocycles. The molecule has 0 aliphatic heterocycles. The fourth-order valence-electron chi connectivity index (χ4n) is 0.254. The lowest BCUT2D eigenvalue weighted by molar-refractivity contribution is -0.138. The Kier molecular flexibility index (Phi) is 19.6. The molecule has 0 spiro atoms. The monoisotopic (exact) mass is 235 g/mol. The molecule has 0 saturated carbocycles. The molecule has 0 fully saturated rings. The van der Waals surface area contributed by atoms with Gasteiger partial charge in [-0.3, -0.25) is 4.79 Å². The van der Waals surface area contributed by atoms with Crippen LogP contribution in [0.1, 0.15) is 13.8 Å². The van der Waals surface area contributed by atoms with E-state index >= 15 is 0 Å². The molecule has 0 aromatic rings. The second-order valence-electron chi connectivity index (χ2n) is 2.11. The second-order valence-corrected chi connectivity index (χ2v) is 2.11. The molecular formula is C10H18ClNO3. The minimum atomic E-state index is -0.481. The first kappa shape index (κ1) is 19.3. The average molecular weight is 236 g/mol. The molecule has 0 unspecified atom stereocenters. The molecule has 15 heavy (non-hydrogen) atoms. The van der Waals surface area contributed by atoms with Crippen LogP contribution < -0.4 is 5.73 Å². The number of carbonyl (C=O) groups excluding carboxylic acids is 2. The maximum Gasteiger partial charge on any atom is 0.333 e. The van der Waals surface area contributed by atoms with Gasteiger partial charge in [0.2, 0.25) is 5.91 Å². The van der Waals surface area contributed by atoms with Gasteiger partial charge in [-0.2, -0.15) is 0 Å². The van der Waals surface area contributed by atoms with Crippen molar-refractivity contribution in [1.82, 2.24) is 0 Å². The highest BCUT2D eigenvalue weighted by Gasteiger charge is 1.98. The number of carbonyl (C=O) groups is 2. The first-order valence-corrected chi connectivity index (χ1v) is 4.83. The van der Waals surface area contributed by atoms with Crippen LogP contribution in [0.15, 0.2) is 24.8 Å². The van der Waals surface area contributed by atoms with Gasteiger partial charge in [-0.25, -0.2) is 4.79 Å². The molecule has 0 radical (unpaired) electrons. The van der Waals surface area contributed by atoms with E-state index in [0.29, 0.717) is 12.2 Å². The van der Waals surface area contributed by atoms with Crippen molar-refractivity contribution < 1.29 is 14.3 Å². The van der Waals surface area contributed by atoms with Gasteiger partial charge in [0.05, 0.1) is 6.61 Å². The molecule has 0 aromatic carbocycles. The van der Waals surface area contributed by atoms with Crippen molar-refractivity contribution in [1.29, 1.82) is 0 Å². The first-order valence-electron chi connectivity index (χ1n) is 4.08.